The van der Waals surface area contributed by atoms with Gasteiger partial charge in [-0.1, -0.05) is 23.5 Å². The molecular weight excluding hydrogens is 347 g/mol. The van der Waals surface area contributed by atoms with Crippen LogP contribution in [0.2, 0.25) is 0 Å². The fourth-order valence-corrected chi connectivity index (χ4v) is 2.53. The zero-order chi connectivity index (χ0) is 18.4. The summed E-state index contributed by atoms with van der Waals surface area (Å²) in [6, 6.07) is 5.93. The van der Waals surface area contributed by atoms with Crippen molar-refractivity contribution in [3.05, 3.63) is 41.2 Å². The molecular formula is C16H19FN4O3S. The molecule has 0 bridgehead atoms. The normalized spacial score (nSPS) is 10.9. The molecule has 0 aliphatic carbocycles. The number of benzene rings is 1. The lowest BCUT2D eigenvalue weighted by molar-refractivity contribution is -0.115. The van der Waals surface area contributed by atoms with Crippen LogP contribution in [-0.2, 0) is 16.0 Å². The highest BCUT2D eigenvalue weighted by Crippen LogP contribution is 2.19. The second-order valence-electron chi connectivity index (χ2n) is 6.09. The van der Waals surface area contributed by atoms with Gasteiger partial charge in [0.05, 0.1) is 12.1 Å². The first-order chi connectivity index (χ1) is 11.7. The van der Waals surface area contributed by atoms with Crippen LogP contribution in [0.5, 0.6) is 0 Å². The molecule has 2 amide bonds. The van der Waals surface area contributed by atoms with Gasteiger partial charge in [0.1, 0.15) is 11.4 Å². The van der Waals surface area contributed by atoms with E-state index >= 15 is 0 Å². The van der Waals surface area contributed by atoms with Crippen LogP contribution in [0.4, 0.5) is 20.0 Å². The van der Waals surface area contributed by atoms with Crippen molar-refractivity contribution >= 4 is 34.2 Å². The Kier molecular flexibility index (Phi) is 5.92. The molecule has 9 heteroatoms. The summed E-state index contributed by atoms with van der Waals surface area (Å²) in [7, 11) is 0. The lowest BCUT2D eigenvalue weighted by Gasteiger charge is -2.19. The highest BCUT2D eigenvalue weighted by Gasteiger charge is 2.16. The van der Waals surface area contributed by atoms with Gasteiger partial charge in [-0.15, -0.1) is 0 Å². The Labute approximate surface area is 148 Å². The number of ether oxygens (including phenoxy) is 1. The quantitative estimate of drug-likeness (QED) is 0.706. The van der Waals surface area contributed by atoms with E-state index in [1.807, 2.05) is 0 Å². The molecule has 3 N–H and O–H groups in total. The molecule has 0 aliphatic rings. The van der Waals surface area contributed by atoms with Crippen molar-refractivity contribution in [1.29, 1.82) is 0 Å². The Bertz CT molecular complexity index is 758. The number of hydrogen-bond acceptors (Lipinski definition) is 6. The summed E-state index contributed by atoms with van der Waals surface area (Å²) < 4.78 is 18.6. The van der Waals surface area contributed by atoms with Crippen LogP contribution in [0.1, 0.15) is 25.6 Å². The third kappa shape index (κ3) is 6.38. The Balaban J connectivity index is 1.84. The highest BCUT2D eigenvalue weighted by molar-refractivity contribution is 7.15. The van der Waals surface area contributed by atoms with E-state index in [9.17, 15) is 14.0 Å². The van der Waals surface area contributed by atoms with Crippen LogP contribution in [0.15, 0.2) is 30.5 Å². The van der Waals surface area contributed by atoms with E-state index in [0.717, 1.165) is 0 Å². The first kappa shape index (κ1) is 18.7. The summed E-state index contributed by atoms with van der Waals surface area (Å²) in [5.41, 5.74) is 4.49. The molecule has 0 fully saturated rings. The highest BCUT2D eigenvalue weighted by atomic mass is 32.1. The van der Waals surface area contributed by atoms with Gasteiger partial charge in [0.15, 0.2) is 0 Å². The minimum absolute atomic E-state index is 0.0418. The first-order valence-corrected chi connectivity index (χ1v) is 8.29. The van der Waals surface area contributed by atoms with E-state index in [2.05, 4.69) is 21.2 Å². The van der Waals surface area contributed by atoms with Crippen molar-refractivity contribution in [3.8, 4) is 0 Å². The summed E-state index contributed by atoms with van der Waals surface area (Å²) in [6.07, 6.45) is 0.909. The van der Waals surface area contributed by atoms with Gasteiger partial charge in [-0.3, -0.25) is 10.2 Å². The second-order valence-corrected chi connectivity index (χ2v) is 7.20. The van der Waals surface area contributed by atoms with E-state index < -0.39 is 17.5 Å². The Hall–Kier alpha value is -2.68. The van der Waals surface area contributed by atoms with Gasteiger partial charge in [-0.2, -0.15) is 0 Å². The van der Waals surface area contributed by atoms with E-state index in [1.54, 1.807) is 32.9 Å². The lowest BCUT2D eigenvalue weighted by atomic mass is 10.2. The number of hydrazine groups is 1. The zero-order valence-corrected chi connectivity index (χ0v) is 14.9. The summed E-state index contributed by atoms with van der Waals surface area (Å²) in [5, 5.41) is 2.90. The molecule has 2 aromatic rings. The third-order valence-corrected chi connectivity index (χ3v) is 3.62. The monoisotopic (exact) mass is 366 g/mol. The Morgan fingerprint density at radius 2 is 2.00 bits per heavy atom. The lowest BCUT2D eigenvalue weighted by Crippen LogP contribution is -2.35. The van der Waals surface area contributed by atoms with Crippen molar-refractivity contribution in [2.75, 3.05) is 10.7 Å². The smallest absolute Gasteiger partial charge is 0.426 e. The van der Waals surface area contributed by atoms with Gasteiger partial charge in [0.25, 0.3) is 0 Å². The van der Waals surface area contributed by atoms with Gasteiger partial charge in [0, 0.05) is 11.1 Å². The number of nitrogens with zero attached hydrogens (tertiary/aromatic N) is 1. The maximum Gasteiger partial charge on any atom is 0.426 e. The molecule has 0 atom stereocenters. The van der Waals surface area contributed by atoms with E-state index in [4.69, 9.17) is 4.74 Å². The number of rotatable bonds is 5. The van der Waals surface area contributed by atoms with Gasteiger partial charge >= 0.3 is 6.09 Å². The number of nitrogens with one attached hydrogen (secondary N) is 3. The number of carbonyl (C=O) groups is 2. The Morgan fingerprint density at radius 3 is 2.68 bits per heavy atom. The van der Waals surface area contributed by atoms with E-state index in [-0.39, 0.29) is 18.0 Å². The van der Waals surface area contributed by atoms with E-state index in [0.29, 0.717) is 10.0 Å². The fourth-order valence-electron chi connectivity index (χ4n) is 1.77. The van der Waals surface area contributed by atoms with Crippen LogP contribution in [0, 0.1) is 5.82 Å². The molecule has 7 nitrogen and oxygen atoms in total. The fraction of sp³-hybridized carbons (Fsp3) is 0.312. The van der Waals surface area contributed by atoms with Crippen LogP contribution < -0.4 is 16.2 Å². The second kappa shape index (κ2) is 7.93. The first-order valence-electron chi connectivity index (χ1n) is 7.47. The maximum atomic E-state index is 13.5. The molecule has 0 saturated carbocycles. The van der Waals surface area contributed by atoms with Crippen LogP contribution in [-0.4, -0.2) is 22.6 Å². The minimum atomic E-state index is -0.637. The number of halogens is 1. The minimum Gasteiger partial charge on any atom is -0.443 e. The molecule has 0 spiro atoms. The average molecular weight is 366 g/mol. The van der Waals surface area contributed by atoms with Crippen molar-refractivity contribution in [2.24, 2.45) is 0 Å². The predicted molar refractivity (Wildman–Crippen MR) is 93.8 cm³/mol. The number of hydrogen-bond donors (Lipinski definition) is 3. The van der Waals surface area contributed by atoms with Gasteiger partial charge in [-0.25, -0.2) is 19.6 Å². The largest absolute Gasteiger partial charge is 0.443 e. The van der Waals surface area contributed by atoms with Gasteiger partial charge < -0.3 is 10.1 Å². The topological polar surface area (TPSA) is 92.3 Å². The summed E-state index contributed by atoms with van der Waals surface area (Å²) >= 11 is 1.19. The number of thiazole rings is 1. The number of amides is 2. The zero-order valence-electron chi connectivity index (χ0n) is 14.1. The standard InChI is InChI=1S/C16H19FN4O3S/c1-16(2,3)24-15(23)21-20-14-18-9-10(25-14)8-13(22)19-12-7-5-4-6-11(12)17/h4-7,9H,8H2,1-3H3,(H,18,20)(H,19,22)(H,21,23). The Morgan fingerprint density at radius 1 is 1.28 bits per heavy atom. The molecule has 0 saturated heterocycles. The molecule has 134 valence electrons. The van der Waals surface area contributed by atoms with Crippen molar-refractivity contribution in [3.63, 3.8) is 0 Å². The van der Waals surface area contributed by atoms with Crippen molar-refractivity contribution < 1.29 is 18.7 Å². The maximum absolute atomic E-state index is 13.5. The van der Waals surface area contributed by atoms with E-state index in [1.165, 1.54) is 29.7 Å². The van der Waals surface area contributed by atoms with Gasteiger partial charge in [-0.05, 0) is 32.9 Å². The average Bonchev–Trinajstić information content (AvgIpc) is 2.93. The van der Waals surface area contributed by atoms with Crippen molar-refractivity contribution in [2.45, 2.75) is 32.8 Å². The molecule has 0 radical (unpaired) electrons. The molecule has 1 aromatic carbocycles. The van der Waals surface area contributed by atoms with Gasteiger partial charge in [0.2, 0.25) is 11.0 Å². The molecule has 2 rings (SSSR count). The van der Waals surface area contributed by atoms with Crippen molar-refractivity contribution in [1.82, 2.24) is 10.4 Å². The van der Waals surface area contributed by atoms with Crippen LogP contribution in [0.25, 0.3) is 0 Å². The number of para-hydroxylation sites is 1. The number of carbonyl (C=O) groups excluding carboxylic acids is 2. The molecule has 1 heterocycles. The summed E-state index contributed by atoms with van der Waals surface area (Å²) in [6.45, 7) is 5.26. The SMILES string of the molecule is CC(C)(C)OC(=O)NNc1ncc(CC(=O)Nc2ccccc2F)s1. The number of aromatic nitrogens is 1. The van der Waals surface area contributed by atoms with Crippen LogP contribution in [0.3, 0.4) is 0 Å². The number of anilines is 2. The summed E-state index contributed by atoms with van der Waals surface area (Å²) in [4.78, 5) is 28.2. The molecule has 0 aliphatic heterocycles. The molecule has 1 aromatic heterocycles. The molecule has 0 unspecified atom stereocenters. The molecule has 25 heavy (non-hydrogen) atoms. The van der Waals surface area contributed by atoms with Crippen LogP contribution >= 0.6 is 11.3 Å². The third-order valence-electron chi connectivity index (χ3n) is 2.71. The summed E-state index contributed by atoms with van der Waals surface area (Å²) in [5.74, 6) is -0.857. The predicted octanol–water partition coefficient (Wildman–Crippen LogP) is 3.32.